The second-order valence-electron chi connectivity index (χ2n) is 6.54. The number of carbonyl (C=O) groups excluding carboxylic acids is 1. The summed E-state index contributed by atoms with van der Waals surface area (Å²) >= 11 is 5.83. The Bertz CT molecular complexity index is 1020. The van der Waals surface area contributed by atoms with Crippen molar-refractivity contribution in [1.82, 2.24) is 9.62 Å². The number of hydrogen-bond acceptors (Lipinski definition) is 3. The molecule has 0 unspecified atom stereocenters. The Hall–Kier alpha value is -2.67. The summed E-state index contributed by atoms with van der Waals surface area (Å²) in [6.07, 6.45) is 0. The number of nitrogens with zero attached hydrogens (tertiary/aromatic N) is 1. The van der Waals surface area contributed by atoms with Crippen LogP contribution in [-0.2, 0) is 14.8 Å². The Morgan fingerprint density at radius 1 is 0.897 bits per heavy atom. The van der Waals surface area contributed by atoms with E-state index in [2.05, 4.69) is 5.32 Å². The fourth-order valence-electron chi connectivity index (χ4n) is 2.93. The fraction of sp³-hybridized carbons (Fsp3) is 0.136. The molecule has 0 aliphatic heterocycles. The third-order valence-corrected chi connectivity index (χ3v) is 6.53. The second kappa shape index (κ2) is 9.22. The van der Waals surface area contributed by atoms with Gasteiger partial charge in [-0.2, -0.15) is 4.31 Å². The molecular weight excluding hydrogens is 408 g/mol. The first-order chi connectivity index (χ1) is 13.9. The molecule has 0 fully saturated rings. The van der Waals surface area contributed by atoms with Gasteiger partial charge in [0.05, 0.1) is 17.5 Å². The van der Waals surface area contributed by atoms with Crippen molar-refractivity contribution in [2.75, 3.05) is 13.6 Å². The molecular formula is C22H21ClN2O3S. The van der Waals surface area contributed by atoms with Crippen LogP contribution in [0.25, 0.3) is 0 Å². The lowest BCUT2D eigenvalue weighted by Crippen LogP contribution is -2.40. The van der Waals surface area contributed by atoms with Gasteiger partial charge in [-0.15, -0.1) is 0 Å². The van der Waals surface area contributed by atoms with Crippen LogP contribution in [0.2, 0.25) is 5.02 Å². The maximum Gasteiger partial charge on any atom is 0.243 e. The lowest BCUT2D eigenvalue weighted by Gasteiger charge is -2.22. The summed E-state index contributed by atoms with van der Waals surface area (Å²) in [6, 6.07) is 24.6. The van der Waals surface area contributed by atoms with Crippen molar-refractivity contribution in [2.45, 2.75) is 10.9 Å². The number of nitrogens with one attached hydrogen (secondary N) is 1. The number of hydrogen-bond donors (Lipinski definition) is 1. The van der Waals surface area contributed by atoms with Crippen molar-refractivity contribution in [1.29, 1.82) is 0 Å². The maximum absolute atomic E-state index is 12.7. The first kappa shape index (κ1) is 21.0. The highest BCUT2D eigenvalue weighted by molar-refractivity contribution is 7.89. The first-order valence-corrected chi connectivity index (χ1v) is 10.8. The van der Waals surface area contributed by atoms with Crippen LogP contribution in [0, 0.1) is 0 Å². The van der Waals surface area contributed by atoms with E-state index in [-0.39, 0.29) is 17.5 Å². The summed E-state index contributed by atoms with van der Waals surface area (Å²) in [6.45, 7) is -0.304. The molecule has 0 radical (unpaired) electrons. The zero-order chi connectivity index (χ0) is 20.9. The zero-order valence-corrected chi connectivity index (χ0v) is 17.4. The number of amides is 1. The van der Waals surface area contributed by atoms with Crippen molar-refractivity contribution < 1.29 is 13.2 Å². The van der Waals surface area contributed by atoms with Gasteiger partial charge in [0.2, 0.25) is 15.9 Å². The molecule has 3 aromatic carbocycles. The van der Waals surface area contributed by atoms with E-state index in [0.717, 1.165) is 15.4 Å². The maximum atomic E-state index is 12.7. The largest absolute Gasteiger partial charge is 0.344 e. The Kier molecular flexibility index (Phi) is 6.69. The summed E-state index contributed by atoms with van der Waals surface area (Å²) in [4.78, 5) is 12.8. The number of benzene rings is 3. The van der Waals surface area contributed by atoms with Gasteiger partial charge in [0.25, 0.3) is 0 Å². The average molecular weight is 429 g/mol. The summed E-state index contributed by atoms with van der Waals surface area (Å²) in [5.74, 6) is -0.400. The molecule has 0 atom stereocenters. The molecule has 3 aromatic rings. The predicted molar refractivity (Wildman–Crippen MR) is 114 cm³/mol. The topological polar surface area (TPSA) is 66.5 Å². The van der Waals surface area contributed by atoms with E-state index >= 15 is 0 Å². The predicted octanol–water partition coefficient (Wildman–Crippen LogP) is 3.87. The number of halogens is 1. The highest BCUT2D eigenvalue weighted by Crippen LogP contribution is 2.22. The van der Waals surface area contributed by atoms with E-state index in [1.54, 1.807) is 0 Å². The molecule has 0 aromatic heterocycles. The molecule has 1 amide bonds. The first-order valence-electron chi connectivity index (χ1n) is 8.99. The smallest absolute Gasteiger partial charge is 0.243 e. The Balaban J connectivity index is 1.77. The monoisotopic (exact) mass is 428 g/mol. The van der Waals surface area contributed by atoms with Gasteiger partial charge >= 0.3 is 0 Å². The highest BCUT2D eigenvalue weighted by Gasteiger charge is 2.24. The number of rotatable bonds is 7. The summed E-state index contributed by atoms with van der Waals surface area (Å²) in [5.41, 5.74) is 1.82. The number of likely N-dealkylation sites (N-methyl/N-ethyl adjacent to an activating group) is 1. The Labute approximate surface area is 176 Å². The van der Waals surface area contributed by atoms with E-state index in [9.17, 15) is 13.2 Å². The second-order valence-corrected chi connectivity index (χ2v) is 9.02. The third kappa shape index (κ3) is 5.23. The van der Waals surface area contributed by atoms with Gasteiger partial charge in [-0.3, -0.25) is 4.79 Å². The van der Waals surface area contributed by atoms with Gasteiger partial charge in [-0.05, 0) is 35.4 Å². The van der Waals surface area contributed by atoms with Crippen molar-refractivity contribution >= 4 is 27.5 Å². The van der Waals surface area contributed by atoms with Gasteiger partial charge in [-0.25, -0.2) is 8.42 Å². The van der Waals surface area contributed by atoms with Crippen LogP contribution in [0.1, 0.15) is 17.2 Å². The van der Waals surface area contributed by atoms with Crippen LogP contribution in [-0.4, -0.2) is 32.2 Å². The van der Waals surface area contributed by atoms with Crippen LogP contribution in [0.15, 0.2) is 89.8 Å². The van der Waals surface area contributed by atoms with Crippen molar-refractivity contribution in [3.63, 3.8) is 0 Å². The molecule has 0 spiro atoms. The minimum atomic E-state index is -3.80. The molecule has 29 heavy (non-hydrogen) atoms. The van der Waals surface area contributed by atoms with Gasteiger partial charge in [-0.1, -0.05) is 72.3 Å². The minimum absolute atomic E-state index is 0.0832. The molecule has 7 heteroatoms. The molecule has 0 saturated heterocycles. The average Bonchev–Trinajstić information content (AvgIpc) is 2.73. The highest BCUT2D eigenvalue weighted by atomic mass is 35.5. The molecule has 150 valence electrons. The van der Waals surface area contributed by atoms with Crippen LogP contribution < -0.4 is 5.32 Å². The fourth-order valence-corrected chi connectivity index (χ4v) is 4.18. The molecule has 0 saturated carbocycles. The summed E-state index contributed by atoms with van der Waals surface area (Å²) in [7, 11) is -2.42. The lowest BCUT2D eigenvalue weighted by atomic mass is 9.99. The van der Waals surface area contributed by atoms with Crippen LogP contribution in [0.4, 0.5) is 0 Å². The molecule has 0 bridgehead atoms. The lowest BCUT2D eigenvalue weighted by molar-refractivity contribution is -0.121. The molecule has 0 heterocycles. The SMILES string of the molecule is CN(CC(=O)NC(c1ccccc1)c1ccccc1)S(=O)(=O)c1ccc(Cl)cc1. The number of sulfonamides is 1. The molecule has 5 nitrogen and oxygen atoms in total. The zero-order valence-electron chi connectivity index (χ0n) is 15.8. The molecule has 0 aliphatic carbocycles. The van der Waals surface area contributed by atoms with Gasteiger partial charge in [0.15, 0.2) is 0 Å². The van der Waals surface area contributed by atoms with E-state index in [0.29, 0.717) is 5.02 Å². The van der Waals surface area contributed by atoms with Crippen LogP contribution in [0.3, 0.4) is 0 Å². The van der Waals surface area contributed by atoms with Gasteiger partial charge < -0.3 is 5.32 Å². The van der Waals surface area contributed by atoms with Crippen molar-refractivity contribution in [2.24, 2.45) is 0 Å². The Morgan fingerprint density at radius 2 is 1.38 bits per heavy atom. The van der Waals surface area contributed by atoms with E-state index in [1.165, 1.54) is 31.3 Å². The molecule has 3 rings (SSSR count). The van der Waals surface area contributed by atoms with Crippen LogP contribution >= 0.6 is 11.6 Å². The standard InChI is InChI=1S/C22H21ClN2O3S/c1-25(29(27,28)20-14-12-19(23)13-15-20)16-21(26)24-22(17-8-4-2-5-9-17)18-10-6-3-7-11-18/h2-15,22H,16H2,1H3,(H,24,26). The number of carbonyl (C=O) groups is 1. The normalized spacial score (nSPS) is 11.6. The Morgan fingerprint density at radius 3 is 1.86 bits per heavy atom. The quantitative estimate of drug-likeness (QED) is 0.621. The van der Waals surface area contributed by atoms with E-state index in [4.69, 9.17) is 11.6 Å². The van der Waals surface area contributed by atoms with Crippen molar-refractivity contribution in [3.8, 4) is 0 Å². The van der Waals surface area contributed by atoms with Gasteiger partial charge in [0.1, 0.15) is 0 Å². The van der Waals surface area contributed by atoms with Crippen molar-refractivity contribution in [3.05, 3.63) is 101 Å². The summed E-state index contributed by atoms with van der Waals surface area (Å²) in [5, 5.41) is 3.39. The van der Waals surface area contributed by atoms with Crippen LogP contribution in [0.5, 0.6) is 0 Å². The van der Waals surface area contributed by atoms with E-state index < -0.39 is 15.9 Å². The molecule has 0 aliphatic rings. The summed E-state index contributed by atoms with van der Waals surface area (Å²) < 4.78 is 26.4. The minimum Gasteiger partial charge on any atom is -0.344 e. The van der Waals surface area contributed by atoms with E-state index in [1.807, 2.05) is 60.7 Å². The third-order valence-electron chi connectivity index (χ3n) is 4.46. The van der Waals surface area contributed by atoms with Gasteiger partial charge in [0, 0.05) is 12.1 Å². The molecule has 1 N–H and O–H groups in total.